The molecule has 0 aromatic carbocycles. The molecule has 7 heteroatoms. The molecule has 0 unspecified atom stereocenters. The molecule has 0 aliphatic heterocycles. The molecule has 2 aromatic heterocycles. The highest BCUT2D eigenvalue weighted by atomic mass is 35.5. The van der Waals surface area contributed by atoms with Crippen LogP contribution in [0.1, 0.15) is 10.5 Å². The van der Waals surface area contributed by atoms with E-state index in [-0.39, 0.29) is 11.0 Å². The molecule has 0 saturated carbocycles. The molecule has 0 fully saturated rings. The van der Waals surface area contributed by atoms with Crippen LogP contribution in [0.25, 0.3) is 10.7 Å². The Morgan fingerprint density at radius 1 is 1.47 bits per heavy atom. The Bertz CT molecular complexity index is 514. The van der Waals surface area contributed by atoms with Crippen LogP contribution in [0, 0.1) is 0 Å². The van der Waals surface area contributed by atoms with Gasteiger partial charge in [0.05, 0.1) is 0 Å². The predicted octanol–water partition coefficient (Wildman–Crippen LogP) is 1.95. The highest BCUT2D eigenvalue weighted by Crippen LogP contribution is 2.22. The lowest BCUT2D eigenvalue weighted by Gasteiger charge is -1.93. The van der Waals surface area contributed by atoms with Gasteiger partial charge in [-0.3, -0.25) is 0 Å². The zero-order valence-corrected chi connectivity index (χ0v) is 8.79. The molecule has 0 bridgehead atoms. The maximum Gasteiger partial charge on any atom is 0.355 e. The van der Waals surface area contributed by atoms with Crippen LogP contribution >= 0.6 is 22.9 Å². The Kier molecular flexibility index (Phi) is 2.61. The molecule has 0 aliphatic rings. The van der Waals surface area contributed by atoms with Crippen molar-refractivity contribution < 1.29 is 9.90 Å². The first-order valence-electron chi connectivity index (χ1n) is 3.84. The van der Waals surface area contributed by atoms with Crippen LogP contribution in [0.5, 0.6) is 0 Å². The second kappa shape index (κ2) is 3.92. The Labute approximate surface area is 93.4 Å². The molecule has 5 nitrogen and oxygen atoms in total. The minimum absolute atomic E-state index is 0.00438. The molecule has 0 saturated heterocycles. The fraction of sp³-hybridized carbons (Fsp3) is 0. The van der Waals surface area contributed by atoms with Crippen LogP contribution in [0.3, 0.4) is 0 Å². The molecule has 0 aliphatic carbocycles. The molecule has 0 spiro atoms. The van der Waals surface area contributed by atoms with Gasteiger partial charge in [-0.25, -0.2) is 19.7 Å². The number of carbonyl (C=O) groups is 1. The van der Waals surface area contributed by atoms with Crippen LogP contribution in [-0.4, -0.2) is 26.0 Å². The summed E-state index contributed by atoms with van der Waals surface area (Å²) in [6.07, 6.45) is 1.49. The van der Waals surface area contributed by atoms with Gasteiger partial charge in [0.1, 0.15) is 10.7 Å². The van der Waals surface area contributed by atoms with Crippen molar-refractivity contribution in [2.24, 2.45) is 0 Å². The summed E-state index contributed by atoms with van der Waals surface area (Å²) in [6.45, 7) is 0. The second-order valence-electron chi connectivity index (χ2n) is 2.55. The van der Waals surface area contributed by atoms with Crippen molar-refractivity contribution in [1.82, 2.24) is 15.0 Å². The predicted molar refractivity (Wildman–Crippen MR) is 55.1 cm³/mol. The molecule has 0 radical (unpaired) electrons. The largest absolute Gasteiger partial charge is 0.476 e. The van der Waals surface area contributed by atoms with Crippen LogP contribution in [-0.2, 0) is 0 Å². The number of aromatic nitrogens is 3. The van der Waals surface area contributed by atoms with E-state index in [1.807, 2.05) is 0 Å². The number of carboxylic acid groups (broad SMARTS) is 1. The lowest BCUT2D eigenvalue weighted by Crippen LogP contribution is -1.96. The number of thiazole rings is 1. The van der Waals surface area contributed by atoms with Gasteiger partial charge >= 0.3 is 5.97 Å². The van der Waals surface area contributed by atoms with Crippen LogP contribution < -0.4 is 0 Å². The topological polar surface area (TPSA) is 76.0 Å². The Morgan fingerprint density at radius 2 is 2.27 bits per heavy atom. The quantitative estimate of drug-likeness (QED) is 0.814. The van der Waals surface area contributed by atoms with Crippen LogP contribution in [0.15, 0.2) is 17.6 Å². The molecular weight excluding hydrogens is 238 g/mol. The summed E-state index contributed by atoms with van der Waals surface area (Å²) in [5.74, 6) is -1.06. The zero-order valence-electron chi connectivity index (χ0n) is 7.22. The number of rotatable bonds is 2. The van der Waals surface area contributed by atoms with Crippen molar-refractivity contribution in [3.05, 3.63) is 28.6 Å². The fourth-order valence-corrected chi connectivity index (χ4v) is 1.85. The minimum atomic E-state index is -1.06. The minimum Gasteiger partial charge on any atom is -0.476 e. The smallest absolute Gasteiger partial charge is 0.355 e. The van der Waals surface area contributed by atoms with Crippen molar-refractivity contribution >= 4 is 28.9 Å². The number of aromatic carboxylic acids is 1. The molecule has 0 atom stereocenters. The number of hydrogen-bond acceptors (Lipinski definition) is 5. The summed E-state index contributed by atoms with van der Waals surface area (Å²) < 4.78 is 0. The summed E-state index contributed by atoms with van der Waals surface area (Å²) in [5, 5.41) is 10.8. The van der Waals surface area contributed by atoms with Crippen molar-refractivity contribution in [1.29, 1.82) is 0 Å². The number of carboxylic acids is 1. The van der Waals surface area contributed by atoms with E-state index >= 15 is 0 Å². The van der Waals surface area contributed by atoms with E-state index in [1.54, 1.807) is 6.07 Å². The van der Waals surface area contributed by atoms with Gasteiger partial charge < -0.3 is 5.11 Å². The Balaban J connectivity index is 2.41. The van der Waals surface area contributed by atoms with Gasteiger partial charge in [0.15, 0.2) is 5.69 Å². The SMILES string of the molecule is O=C(O)c1csc(-c2ccnc(Cl)n2)n1. The number of halogens is 1. The third-order valence-electron chi connectivity index (χ3n) is 1.57. The van der Waals surface area contributed by atoms with Gasteiger partial charge in [0.2, 0.25) is 5.28 Å². The first kappa shape index (κ1) is 10.0. The second-order valence-corrected chi connectivity index (χ2v) is 3.75. The summed E-state index contributed by atoms with van der Waals surface area (Å²) in [6, 6.07) is 1.62. The van der Waals surface area contributed by atoms with Gasteiger partial charge in [0, 0.05) is 11.6 Å². The molecule has 2 rings (SSSR count). The van der Waals surface area contributed by atoms with E-state index in [0.717, 1.165) is 0 Å². The molecule has 1 N–H and O–H groups in total. The third-order valence-corrected chi connectivity index (χ3v) is 2.62. The van der Waals surface area contributed by atoms with E-state index < -0.39 is 5.97 Å². The lowest BCUT2D eigenvalue weighted by atomic mass is 10.4. The van der Waals surface area contributed by atoms with Crippen LogP contribution in [0.2, 0.25) is 5.28 Å². The molecule has 2 aromatic rings. The first-order valence-corrected chi connectivity index (χ1v) is 5.10. The van der Waals surface area contributed by atoms with Crippen molar-refractivity contribution in [2.75, 3.05) is 0 Å². The van der Waals surface area contributed by atoms with Crippen LogP contribution in [0.4, 0.5) is 0 Å². The summed E-state index contributed by atoms with van der Waals surface area (Å²) in [5.41, 5.74) is 0.525. The molecule has 76 valence electrons. The average molecular weight is 242 g/mol. The van der Waals surface area contributed by atoms with Gasteiger partial charge in [-0.15, -0.1) is 11.3 Å². The fourth-order valence-electron chi connectivity index (χ4n) is 0.944. The van der Waals surface area contributed by atoms with Gasteiger partial charge in [-0.05, 0) is 17.7 Å². The van der Waals surface area contributed by atoms with E-state index in [1.165, 1.54) is 22.9 Å². The normalized spacial score (nSPS) is 10.2. The van der Waals surface area contributed by atoms with Gasteiger partial charge in [-0.1, -0.05) is 0 Å². The Hall–Kier alpha value is -1.53. The number of hydrogen-bond donors (Lipinski definition) is 1. The summed E-state index contributed by atoms with van der Waals surface area (Å²) in [7, 11) is 0. The molecular formula is C8H4ClN3O2S. The van der Waals surface area contributed by atoms with E-state index in [4.69, 9.17) is 16.7 Å². The molecule has 0 amide bonds. The van der Waals surface area contributed by atoms with E-state index in [0.29, 0.717) is 10.7 Å². The average Bonchev–Trinajstić information content (AvgIpc) is 2.66. The summed E-state index contributed by atoms with van der Waals surface area (Å²) >= 11 is 6.80. The Morgan fingerprint density at radius 3 is 2.87 bits per heavy atom. The maximum absolute atomic E-state index is 10.6. The van der Waals surface area contributed by atoms with Crippen molar-refractivity contribution in [2.45, 2.75) is 0 Å². The zero-order chi connectivity index (χ0) is 10.8. The lowest BCUT2D eigenvalue weighted by molar-refractivity contribution is 0.0691. The standard InChI is InChI=1S/C8H4ClN3O2S/c9-8-10-2-1-4(12-8)6-11-5(3-15-6)7(13)14/h1-3H,(H,13,14). The number of nitrogens with zero attached hydrogens (tertiary/aromatic N) is 3. The maximum atomic E-state index is 10.6. The van der Waals surface area contributed by atoms with Crippen molar-refractivity contribution in [3.63, 3.8) is 0 Å². The van der Waals surface area contributed by atoms with Gasteiger partial charge in [-0.2, -0.15) is 0 Å². The first-order chi connectivity index (χ1) is 7.16. The van der Waals surface area contributed by atoms with Gasteiger partial charge in [0.25, 0.3) is 0 Å². The molecule has 15 heavy (non-hydrogen) atoms. The summed E-state index contributed by atoms with van der Waals surface area (Å²) in [4.78, 5) is 22.1. The van der Waals surface area contributed by atoms with Crippen molar-refractivity contribution in [3.8, 4) is 10.7 Å². The highest BCUT2D eigenvalue weighted by molar-refractivity contribution is 7.13. The monoisotopic (exact) mass is 241 g/mol. The van der Waals surface area contributed by atoms with E-state index in [9.17, 15) is 4.79 Å². The molecule has 2 heterocycles. The highest BCUT2D eigenvalue weighted by Gasteiger charge is 2.11. The third kappa shape index (κ3) is 2.11. The van der Waals surface area contributed by atoms with E-state index in [2.05, 4.69) is 15.0 Å².